The molecule has 6 nitrogen and oxygen atoms in total. The summed E-state index contributed by atoms with van der Waals surface area (Å²) in [4.78, 5) is 18.5. The molecule has 4 heterocycles. The van der Waals surface area contributed by atoms with Gasteiger partial charge in [-0.25, -0.2) is 0 Å². The highest BCUT2D eigenvalue weighted by atomic mass is 32.1. The zero-order chi connectivity index (χ0) is 16.5. The summed E-state index contributed by atoms with van der Waals surface area (Å²) in [6.07, 6.45) is 4.93. The van der Waals surface area contributed by atoms with Gasteiger partial charge in [0.05, 0.1) is 6.54 Å². The minimum atomic E-state index is 0.251. The first-order valence-electron chi connectivity index (χ1n) is 8.60. The SMILES string of the molecule is Cn1cnnc1C1CCCN(C(=O)CN2CCc3sccc3C2)C1. The number of amides is 1. The van der Waals surface area contributed by atoms with Crippen LogP contribution in [0, 0.1) is 0 Å². The Kier molecular flexibility index (Phi) is 4.37. The third-order valence-electron chi connectivity index (χ3n) is 5.13. The van der Waals surface area contributed by atoms with Crippen molar-refractivity contribution in [3.05, 3.63) is 34.0 Å². The van der Waals surface area contributed by atoms with Gasteiger partial charge in [0, 0.05) is 44.0 Å². The van der Waals surface area contributed by atoms with Gasteiger partial charge in [0.25, 0.3) is 0 Å². The van der Waals surface area contributed by atoms with Gasteiger partial charge in [0.2, 0.25) is 5.91 Å². The molecule has 1 unspecified atom stereocenters. The third-order valence-corrected chi connectivity index (χ3v) is 6.15. The largest absolute Gasteiger partial charge is 0.341 e. The predicted octanol–water partition coefficient (Wildman–Crippen LogP) is 1.64. The molecule has 0 spiro atoms. The Bertz CT molecular complexity index is 724. The van der Waals surface area contributed by atoms with Crippen molar-refractivity contribution in [2.75, 3.05) is 26.2 Å². The topological polar surface area (TPSA) is 54.3 Å². The van der Waals surface area contributed by atoms with Gasteiger partial charge >= 0.3 is 0 Å². The molecule has 7 heteroatoms. The number of likely N-dealkylation sites (tertiary alicyclic amines) is 1. The number of piperidine rings is 1. The van der Waals surface area contributed by atoms with Crippen molar-refractivity contribution in [2.45, 2.75) is 31.7 Å². The second-order valence-corrected chi connectivity index (χ2v) is 7.81. The summed E-state index contributed by atoms with van der Waals surface area (Å²) in [5.74, 6) is 1.55. The monoisotopic (exact) mass is 345 g/mol. The highest BCUT2D eigenvalue weighted by molar-refractivity contribution is 7.10. The van der Waals surface area contributed by atoms with Gasteiger partial charge < -0.3 is 9.47 Å². The summed E-state index contributed by atoms with van der Waals surface area (Å²) in [7, 11) is 1.97. The molecule has 0 aliphatic carbocycles. The molecule has 1 atom stereocenters. The first-order valence-corrected chi connectivity index (χ1v) is 9.48. The van der Waals surface area contributed by atoms with Crippen molar-refractivity contribution in [3.8, 4) is 0 Å². The van der Waals surface area contributed by atoms with Crippen LogP contribution in [0.2, 0.25) is 0 Å². The highest BCUT2D eigenvalue weighted by Gasteiger charge is 2.29. The van der Waals surface area contributed by atoms with Gasteiger partial charge in [-0.1, -0.05) is 0 Å². The number of hydrogen-bond donors (Lipinski definition) is 0. The normalized spacial score (nSPS) is 21.7. The number of aryl methyl sites for hydroxylation is 1. The van der Waals surface area contributed by atoms with E-state index in [9.17, 15) is 4.79 Å². The smallest absolute Gasteiger partial charge is 0.236 e. The van der Waals surface area contributed by atoms with Crippen LogP contribution in [0.1, 0.15) is 35.0 Å². The molecule has 0 aromatic carbocycles. The van der Waals surface area contributed by atoms with Crippen LogP contribution in [0.5, 0.6) is 0 Å². The maximum Gasteiger partial charge on any atom is 0.236 e. The van der Waals surface area contributed by atoms with E-state index in [0.29, 0.717) is 12.5 Å². The first kappa shape index (κ1) is 15.8. The zero-order valence-corrected chi connectivity index (χ0v) is 14.8. The van der Waals surface area contributed by atoms with Crippen LogP contribution in [-0.2, 0) is 24.8 Å². The summed E-state index contributed by atoms with van der Waals surface area (Å²) >= 11 is 1.84. The minimum Gasteiger partial charge on any atom is -0.341 e. The quantitative estimate of drug-likeness (QED) is 0.849. The molecule has 2 aliphatic heterocycles. The van der Waals surface area contributed by atoms with Crippen molar-refractivity contribution in [1.82, 2.24) is 24.6 Å². The van der Waals surface area contributed by atoms with E-state index in [2.05, 4.69) is 26.5 Å². The summed E-state index contributed by atoms with van der Waals surface area (Å²) in [6.45, 7) is 4.05. The highest BCUT2D eigenvalue weighted by Crippen LogP contribution is 2.26. The van der Waals surface area contributed by atoms with E-state index in [1.165, 1.54) is 10.4 Å². The van der Waals surface area contributed by atoms with E-state index in [-0.39, 0.29) is 5.91 Å². The lowest BCUT2D eigenvalue weighted by Gasteiger charge is -2.34. The zero-order valence-electron chi connectivity index (χ0n) is 14.0. The van der Waals surface area contributed by atoms with Crippen molar-refractivity contribution in [2.24, 2.45) is 7.05 Å². The third kappa shape index (κ3) is 3.10. The van der Waals surface area contributed by atoms with Crippen LogP contribution in [0.15, 0.2) is 17.8 Å². The van der Waals surface area contributed by atoms with E-state index in [4.69, 9.17) is 0 Å². The van der Waals surface area contributed by atoms with Crippen molar-refractivity contribution in [1.29, 1.82) is 0 Å². The van der Waals surface area contributed by atoms with E-state index in [0.717, 1.165) is 51.3 Å². The Morgan fingerprint density at radius 3 is 3.17 bits per heavy atom. The molecule has 0 radical (unpaired) electrons. The Balaban J connectivity index is 1.37. The van der Waals surface area contributed by atoms with E-state index in [1.807, 2.05) is 27.9 Å². The Morgan fingerprint density at radius 1 is 1.42 bits per heavy atom. The predicted molar refractivity (Wildman–Crippen MR) is 92.9 cm³/mol. The van der Waals surface area contributed by atoms with Crippen molar-refractivity contribution >= 4 is 17.2 Å². The molecule has 4 rings (SSSR count). The summed E-state index contributed by atoms with van der Waals surface area (Å²) in [6, 6.07) is 2.20. The molecule has 1 saturated heterocycles. The number of hydrogen-bond acceptors (Lipinski definition) is 5. The number of nitrogens with zero attached hydrogens (tertiary/aromatic N) is 5. The Morgan fingerprint density at radius 2 is 2.33 bits per heavy atom. The number of aromatic nitrogens is 3. The van der Waals surface area contributed by atoms with Crippen LogP contribution in [-0.4, -0.2) is 56.7 Å². The second-order valence-electron chi connectivity index (χ2n) is 6.81. The number of rotatable bonds is 3. The molecule has 0 saturated carbocycles. The lowest BCUT2D eigenvalue weighted by Crippen LogP contribution is -2.45. The van der Waals surface area contributed by atoms with Crippen LogP contribution in [0.4, 0.5) is 0 Å². The van der Waals surface area contributed by atoms with Gasteiger partial charge in [-0.3, -0.25) is 9.69 Å². The van der Waals surface area contributed by atoms with Gasteiger partial charge in [-0.05, 0) is 36.3 Å². The van der Waals surface area contributed by atoms with Crippen LogP contribution >= 0.6 is 11.3 Å². The van der Waals surface area contributed by atoms with E-state index in [1.54, 1.807) is 6.33 Å². The molecule has 1 fully saturated rings. The molecular weight excluding hydrogens is 322 g/mol. The molecule has 2 aliphatic rings. The summed E-state index contributed by atoms with van der Waals surface area (Å²) in [5.41, 5.74) is 1.40. The standard InChI is InChI=1S/C17H23N5OS/c1-20-12-18-19-17(20)14-3-2-6-22(10-14)16(23)11-21-7-4-15-13(9-21)5-8-24-15/h5,8,12,14H,2-4,6-7,9-11H2,1H3. The average molecular weight is 345 g/mol. The van der Waals surface area contributed by atoms with Crippen LogP contribution < -0.4 is 0 Å². The number of thiophene rings is 1. The molecule has 0 N–H and O–H groups in total. The fraction of sp³-hybridized carbons (Fsp3) is 0.588. The molecular formula is C17H23N5OS. The van der Waals surface area contributed by atoms with Gasteiger partial charge in [0.15, 0.2) is 0 Å². The minimum absolute atomic E-state index is 0.251. The van der Waals surface area contributed by atoms with Gasteiger partial charge in [-0.2, -0.15) is 0 Å². The number of carbonyl (C=O) groups is 1. The lowest BCUT2D eigenvalue weighted by atomic mass is 9.97. The number of carbonyl (C=O) groups excluding carboxylic acids is 1. The average Bonchev–Trinajstić information content (AvgIpc) is 3.23. The number of fused-ring (bicyclic) bond motifs is 1. The van der Waals surface area contributed by atoms with Gasteiger partial charge in [0.1, 0.15) is 12.2 Å². The van der Waals surface area contributed by atoms with Crippen LogP contribution in [0.25, 0.3) is 0 Å². The fourth-order valence-corrected chi connectivity index (χ4v) is 4.70. The van der Waals surface area contributed by atoms with Crippen molar-refractivity contribution < 1.29 is 4.79 Å². The first-order chi connectivity index (χ1) is 11.7. The summed E-state index contributed by atoms with van der Waals surface area (Å²) < 4.78 is 1.97. The summed E-state index contributed by atoms with van der Waals surface area (Å²) in [5, 5.41) is 10.4. The molecule has 128 valence electrons. The second kappa shape index (κ2) is 6.64. The Hall–Kier alpha value is -1.73. The van der Waals surface area contributed by atoms with E-state index < -0.39 is 0 Å². The molecule has 2 aromatic heterocycles. The van der Waals surface area contributed by atoms with Crippen molar-refractivity contribution in [3.63, 3.8) is 0 Å². The lowest BCUT2D eigenvalue weighted by molar-refractivity contribution is -0.133. The molecule has 24 heavy (non-hydrogen) atoms. The Labute approximate surface area is 146 Å². The molecule has 0 bridgehead atoms. The van der Waals surface area contributed by atoms with Gasteiger partial charge in [-0.15, -0.1) is 21.5 Å². The van der Waals surface area contributed by atoms with Crippen LogP contribution in [0.3, 0.4) is 0 Å². The molecule has 2 aromatic rings. The fourth-order valence-electron chi connectivity index (χ4n) is 3.81. The van der Waals surface area contributed by atoms with E-state index >= 15 is 0 Å². The molecule has 1 amide bonds. The maximum absolute atomic E-state index is 12.8. The maximum atomic E-state index is 12.8.